The minimum Gasteiger partial charge on any atom is -0.464 e. The number of hydrogen-bond donors (Lipinski definition) is 1. The predicted octanol–water partition coefficient (Wildman–Crippen LogP) is 0.657. The minimum atomic E-state index is -0.160. The maximum absolute atomic E-state index is 11.1. The number of rotatable bonds is 5. The van der Waals surface area contributed by atoms with Crippen molar-refractivity contribution < 1.29 is 9.53 Å². The molecule has 0 spiro atoms. The molecule has 0 aliphatic heterocycles. The average Bonchev–Trinajstić information content (AvgIpc) is 2.02. The van der Waals surface area contributed by atoms with Crippen LogP contribution in [0.1, 0.15) is 6.92 Å². The Hall–Kier alpha value is -0.220. The first-order chi connectivity index (χ1) is 5.57. The molecule has 0 bridgehead atoms. The van der Waals surface area contributed by atoms with E-state index in [2.05, 4.69) is 12.6 Å². The van der Waals surface area contributed by atoms with E-state index in [1.54, 1.807) is 0 Å². The third-order valence-electron chi connectivity index (χ3n) is 1.46. The molecule has 1 atom stereocenters. The Morgan fingerprint density at radius 2 is 2.17 bits per heavy atom. The summed E-state index contributed by atoms with van der Waals surface area (Å²) in [5.41, 5.74) is 0. The highest BCUT2D eigenvalue weighted by Gasteiger charge is 2.11. The van der Waals surface area contributed by atoms with E-state index in [0.717, 1.165) is 6.54 Å². The number of hydrogen-bond acceptors (Lipinski definition) is 4. The van der Waals surface area contributed by atoms with Gasteiger partial charge in [-0.2, -0.15) is 12.6 Å². The van der Waals surface area contributed by atoms with E-state index >= 15 is 0 Å². The van der Waals surface area contributed by atoms with E-state index in [0.29, 0.717) is 12.4 Å². The van der Waals surface area contributed by atoms with Gasteiger partial charge in [0.25, 0.3) is 0 Å². The molecule has 12 heavy (non-hydrogen) atoms. The van der Waals surface area contributed by atoms with E-state index in [1.807, 2.05) is 25.9 Å². The molecule has 0 saturated carbocycles. The molecule has 4 heteroatoms. The van der Waals surface area contributed by atoms with Crippen LogP contribution in [0.2, 0.25) is 0 Å². The van der Waals surface area contributed by atoms with Crippen LogP contribution in [-0.2, 0) is 9.53 Å². The fourth-order valence-electron chi connectivity index (χ4n) is 0.546. The van der Waals surface area contributed by atoms with Crippen molar-refractivity contribution in [2.45, 2.75) is 6.92 Å². The molecule has 72 valence electrons. The van der Waals surface area contributed by atoms with Crippen LogP contribution in [0.25, 0.3) is 0 Å². The molecule has 0 aromatic rings. The number of carbonyl (C=O) groups is 1. The molecule has 0 aliphatic rings. The summed E-state index contributed by atoms with van der Waals surface area (Å²) in [6, 6.07) is 0. The van der Waals surface area contributed by atoms with Crippen molar-refractivity contribution in [2.24, 2.45) is 5.92 Å². The number of thiol groups is 1. The fourth-order valence-corrected chi connectivity index (χ4v) is 0.695. The Morgan fingerprint density at radius 3 is 2.58 bits per heavy atom. The Kier molecular flexibility index (Phi) is 6.20. The fraction of sp³-hybridized carbons (Fsp3) is 0.875. The molecule has 0 aromatic heterocycles. The van der Waals surface area contributed by atoms with E-state index in [1.165, 1.54) is 0 Å². The van der Waals surface area contributed by atoms with Gasteiger partial charge in [0, 0.05) is 12.3 Å². The molecule has 0 saturated heterocycles. The van der Waals surface area contributed by atoms with E-state index in [-0.39, 0.29) is 11.9 Å². The second kappa shape index (κ2) is 6.31. The summed E-state index contributed by atoms with van der Waals surface area (Å²) >= 11 is 4.01. The standard InChI is InChI=1S/C8H17NO2S/c1-7(6-12)8(10)11-5-4-9(2)3/h7,12H,4-6H2,1-3H3. The molecular formula is C8H17NO2S. The second-order valence-corrected chi connectivity index (χ2v) is 3.42. The molecule has 0 radical (unpaired) electrons. The highest BCUT2D eigenvalue weighted by Crippen LogP contribution is 2.00. The minimum absolute atomic E-state index is 0.101. The van der Waals surface area contributed by atoms with Gasteiger partial charge in [0.1, 0.15) is 6.61 Å². The highest BCUT2D eigenvalue weighted by atomic mass is 32.1. The quantitative estimate of drug-likeness (QED) is 0.511. The molecule has 0 aliphatic carbocycles. The summed E-state index contributed by atoms with van der Waals surface area (Å²) in [5, 5.41) is 0. The Balaban J connectivity index is 3.44. The lowest BCUT2D eigenvalue weighted by Crippen LogP contribution is -2.23. The van der Waals surface area contributed by atoms with Crippen LogP contribution in [-0.4, -0.2) is 43.9 Å². The van der Waals surface area contributed by atoms with Crippen LogP contribution in [0.5, 0.6) is 0 Å². The van der Waals surface area contributed by atoms with Gasteiger partial charge in [0.2, 0.25) is 0 Å². The number of carbonyl (C=O) groups excluding carboxylic acids is 1. The summed E-state index contributed by atoms with van der Waals surface area (Å²) in [4.78, 5) is 13.0. The predicted molar refractivity (Wildman–Crippen MR) is 52.5 cm³/mol. The first-order valence-corrected chi connectivity index (χ1v) is 4.63. The van der Waals surface area contributed by atoms with Crippen LogP contribution < -0.4 is 0 Å². The topological polar surface area (TPSA) is 29.5 Å². The number of likely N-dealkylation sites (N-methyl/N-ethyl adjacent to an activating group) is 1. The van der Waals surface area contributed by atoms with Gasteiger partial charge < -0.3 is 9.64 Å². The van der Waals surface area contributed by atoms with Crippen LogP contribution >= 0.6 is 12.6 Å². The zero-order valence-electron chi connectivity index (χ0n) is 7.91. The van der Waals surface area contributed by atoms with Crippen LogP contribution in [0.4, 0.5) is 0 Å². The third-order valence-corrected chi connectivity index (χ3v) is 2.01. The molecule has 0 amide bonds. The average molecular weight is 191 g/mol. The Bertz CT molecular complexity index is 139. The van der Waals surface area contributed by atoms with Crippen LogP contribution in [0.15, 0.2) is 0 Å². The van der Waals surface area contributed by atoms with Crippen molar-refractivity contribution in [3.8, 4) is 0 Å². The van der Waals surface area contributed by atoms with E-state index in [4.69, 9.17) is 4.74 Å². The van der Waals surface area contributed by atoms with Gasteiger partial charge in [-0.3, -0.25) is 4.79 Å². The lowest BCUT2D eigenvalue weighted by molar-refractivity contribution is -0.147. The Morgan fingerprint density at radius 1 is 1.58 bits per heavy atom. The number of ether oxygens (including phenoxy) is 1. The van der Waals surface area contributed by atoms with Gasteiger partial charge in [0.05, 0.1) is 5.92 Å². The van der Waals surface area contributed by atoms with Gasteiger partial charge in [-0.1, -0.05) is 6.92 Å². The highest BCUT2D eigenvalue weighted by molar-refractivity contribution is 7.80. The SMILES string of the molecule is CC(CS)C(=O)OCCN(C)C. The lowest BCUT2D eigenvalue weighted by Gasteiger charge is -2.11. The molecule has 1 unspecified atom stereocenters. The van der Waals surface area contributed by atoms with Gasteiger partial charge in [-0.25, -0.2) is 0 Å². The van der Waals surface area contributed by atoms with Gasteiger partial charge in [-0.05, 0) is 14.1 Å². The summed E-state index contributed by atoms with van der Waals surface area (Å²) in [5.74, 6) is 0.281. The van der Waals surface area contributed by atoms with Crippen molar-refractivity contribution in [3.05, 3.63) is 0 Å². The maximum Gasteiger partial charge on any atom is 0.309 e. The molecule has 0 fully saturated rings. The molecule has 0 rings (SSSR count). The molecular weight excluding hydrogens is 174 g/mol. The third kappa shape index (κ3) is 5.43. The molecule has 0 heterocycles. The monoisotopic (exact) mass is 191 g/mol. The smallest absolute Gasteiger partial charge is 0.309 e. The van der Waals surface area contributed by atoms with Crippen molar-refractivity contribution in [2.75, 3.05) is 33.0 Å². The lowest BCUT2D eigenvalue weighted by atomic mass is 10.2. The summed E-state index contributed by atoms with van der Waals surface area (Å²) in [6.07, 6.45) is 0. The molecule has 3 nitrogen and oxygen atoms in total. The first kappa shape index (κ1) is 11.8. The molecule has 0 aromatic carbocycles. The van der Waals surface area contributed by atoms with Crippen molar-refractivity contribution in [1.29, 1.82) is 0 Å². The largest absolute Gasteiger partial charge is 0.464 e. The molecule has 0 N–H and O–H groups in total. The van der Waals surface area contributed by atoms with Crippen molar-refractivity contribution in [3.63, 3.8) is 0 Å². The number of nitrogens with zero attached hydrogens (tertiary/aromatic N) is 1. The first-order valence-electron chi connectivity index (χ1n) is 4.00. The zero-order valence-corrected chi connectivity index (χ0v) is 8.80. The summed E-state index contributed by atoms with van der Waals surface area (Å²) < 4.78 is 4.98. The normalized spacial score (nSPS) is 13.1. The van der Waals surface area contributed by atoms with Gasteiger partial charge >= 0.3 is 5.97 Å². The van der Waals surface area contributed by atoms with E-state index in [9.17, 15) is 4.79 Å². The van der Waals surface area contributed by atoms with Crippen LogP contribution in [0.3, 0.4) is 0 Å². The van der Waals surface area contributed by atoms with Crippen LogP contribution in [0, 0.1) is 5.92 Å². The summed E-state index contributed by atoms with van der Waals surface area (Å²) in [6.45, 7) is 3.04. The zero-order chi connectivity index (χ0) is 9.56. The second-order valence-electron chi connectivity index (χ2n) is 3.05. The maximum atomic E-state index is 11.1. The summed E-state index contributed by atoms with van der Waals surface area (Å²) in [7, 11) is 3.88. The van der Waals surface area contributed by atoms with Gasteiger partial charge in [-0.15, -0.1) is 0 Å². The Labute approximate surface area is 79.5 Å². The van der Waals surface area contributed by atoms with Crippen molar-refractivity contribution in [1.82, 2.24) is 4.90 Å². The number of esters is 1. The van der Waals surface area contributed by atoms with Crippen molar-refractivity contribution >= 4 is 18.6 Å². The van der Waals surface area contributed by atoms with Gasteiger partial charge in [0.15, 0.2) is 0 Å². The van der Waals surface area contributed by atoms with E-state index < -0.39 is 0 Å².